The number of carbonyl (C=O) groups is 1. The van der Waals surface area contributed by atoms with Crippen LogP contribution in [-0.2, 0) is 16.1 Å². The Labute approximate surface area is 146 Å². The van der Waals surface area contributed by atoms with Gasteiger partial charge in [0, 0.05) is 12.2 Å². The first-order valence-corrected chi connectivity index (χ1v) is 8.34. The highest BCUT2D eigenvalue weighted by Gasteiger charge is 2.30. The molecule has 25 heavy (non-hydrogen) atoms. The van der Waals surface area contributed by atoms with Crippen molar-refractivity contribution in [2.45, 2.75) is 32.6 Å². The maximum absolute atomic E-state index is 12.7. The number of nitrogens with one attached hydrogen (secondary N) is 2. The fraction of sp³-hybridized carbons (Fsp3) is 0.471. The summed E-state index contributed by atoms with van der Waals surface area (Å²) in [5.74, 6) is 0.619. The van der Waals surface area contributed by atoms with Crippen LogP contribution in [0.4, 0.5) is 10.5 Å². The summed E-state index contributed by atoms with van der Waals surface area (Å²) in [4.78, 5) is 18.6. The van der Waals surface area contributed by atoms with Gasteiger partial charge in [0.25, 0.3) is 0 Å². The zero-order valence-electron chi connectivity index (χ0n) is 14.4. The van der Waals surface area contributed by atoms with Crippen LogP contribution in [-0.4, -0.2) is 52.0 Å². The molecule has 8 nitrogen and oxygen atoms in total. The Morgan fingerprint density at radius 3 is 3.16 bits per heavy atom. The molecule has 0 radical (unpaired) electrons. The Hall–Kier alpha value is -2.45. The lowest BCUT2D eigenvalue weighted by atomic mass is 10.2. The van der Waals surface area contributed by atoms with Gasteiger partial charge in [-0.25, -0.2) is 9.78 Å². The number of morpholine rings is 1. The third kappa shape index (κ3) is 4.55. The fourth-order valence-corrected chi connectivity index (χ4v) is 2.65. The van der Waals surface area contributed by atoms with Crippen molar-refractivity contribution >= 4 is 11.7 Å². The number of benzene rings is 1. The molecule has 2 N–H and O–H groups in total. The van der Waals surface area contributed by atoms with Crippen molar-refractivity contribution in [3.63, 3.8) is 0 Å². The molecule has 1 aromatic heterocycles. The molecule has 1 aliphatic rings. The van der Waals surface area contributed by atoms with Crippen molar-refractivity contribution in [2.24, 2.45) is 0 Å². The van der Waals surface area contributed by atoms with Crippen molar-refractivity contribution < 1.29 is 14.3 Å². The van der Waals surface area contributed by atoms with Crippen LogP contribution < -0.4 is 5.32 Å². The second-order valence-corrected chi connectivity index (χ2v) is 6.15. The zero-order valence-corrected chi connectivity index (χ0v) is 14.4. The Kier molecular flexibility index (Phi) is 5.62. The van der Waals surface area contributed by atoms with Gasteiger partial charge < -0.3 is 19.7 Å². The summed E-state index contributed by atoms with van der Waals surface area (Å²) in [5, 5.41) is 9.62. The molecular weight excluding hydrogens is 322 g/mol. The minimum absolute atomic E-state index is 0.161. The minimum atomic E-state index is -0.274. The van der Waals surface area contributed by atoms with E-state index in [9.17, 15) is 4.79 Å². The molecule has 2 amide bonds. The third-order valence-electron chi connectivity index (χ3n) is 3.90. The lowest BCUT2D eigenvalue weighted by molar-refractivity contribution is 0.0118. The van der Waals surface area contributed by atoms with E-state index < -0.39 is 0 Å². The number of urea groups is 1. The Balaban J connectivity index is 1.67. The predicted molar refractivity (Wildman–Crippen MR) is 92.0 cm³/mol. The average molecular weight is 345 g/mol. The van der Waals surface area contributed by atoms with Gasteiger partial charge in [0.05, 0.1) is 25.9 Å². The first-order chi connectivity index (χ1) is 12.1. The second kappa shape index (κ2) is 8.09. The maximum Gasteiger partial charge on any atom is 0.322 e. The lowest BCUT2D eigenvalue weighted by Gasteiger charge is -2.34. The lowest BCUT2D eigenvalue weighted by Crippen LogP contribution is -2.45. The van der Waals surface area contributed by atoms with Crippen LogP contribution in [0.15, 0.2) is 30.6 Å². The van der Waals surface area contributed by atoms with Crippen LogP contribution in [0.1, 0.15) is 31.3 Å². The molecule has 1 aliphatic heterocycles. The number of rotatable bonds is 5. The first-order valence-electron chi connectivity index (χ1n) is 8.34. The van der Waals surface area contributed by atoms with Gasteiger partial charge in [-0.2, -0.15) is 5.10 Å². The molecule has 0 spiro atoms. The molecule has 1 aromatic carbocycles. The van der Waals surface area contributed by atoms with Gasteiger partial charge in [-0.05, 0) is 31.5 Å². The van der Waals surface area contributed by atoms with Gasteiger partial charge in [-0.1, -0.05) is 12.1 Å². The number of hydrogen-bond donors (Lipinski definition) is 2. The molecule has 0 aliphatic carbocycles. The Morgan fingerprint density at radius 1 is 1.52 bits per heavy atom. The standard InChI is InChI=1S/C17H23N5O3/c1-12(2)25-9-13-4-3-5-14(8-13)20-17(23)22-6-7-24-10-15(22)16-18-11-19-21-16/h3-5,8,11-12,15H,6-7,9-10H2,1-2H3,(H,20,23)(H,18,19,21)/t15-/m0/s1. The Bertz CT molecular complexity index is 689. The van der Waals surface area contributed by atoms with E-state index in [2.05, 4.69) is 20.5 Å². The summed E-state index contributed by atoms with van der Waals surface area (Å²) in [6.45, 7) is 5.89. The number of carbonyl (C=O) groups excluding carboxylic acids is 1. The van der Waals surface area contributed by atoms with E-state index in [1.165, 1.54) is 6.33 Å². The molecule has 2 aromatic rings. The number of aromatic nitrogens is 3. The molecule has 0 unspecified atom stereocenters. The number of ether oxygens (including phenoxy) is 2. The van der Waals surface area contributed by atoms with E-state index in [0.29, 0.717) is 32.2 Å². The smallest absolute Gasteiger partial charge is 0.322 e. The van der Waals surface area contributed by atoms with Crippen molar-refractivity contribution in [3.8, 4) is 0 Å². The fourth-order valence-electron chi connectivity index (χ4n) is 2.65. The SMILES string of the molecule is CC(C)OCc1cccc(NC(=O)N2CCOC[C@H]2c2ncn[nH]2)c1. The molecule has 1 saturated heterocycles. The predicted octanol–water partition coefficient (Wildman–Crippen LogP) is 2.34. The topological polar surface area (TPSA) is 92.4 Å². The highest BCUT2D eigenvalue weighted by atomic mass is 16.5. The number of H-pyrrole nitrogens is 1. The van der Waals surface area contributed by atoms with Crippen LogP contribution in [0.3, 0.4) is 0 Å². The monoisotopic (exact) mass is 345 g/mol. The van der Waals surface area contributed by atoms with Gasteiger partial charge in [0.15, 0.2) is 0 Å². The molecule has 134 valence electrons. The van der Waals surface area contributed by atoms with Gasteiger partial charge in [0.2, 0.25) is 0 Å². The number of amides is 2. The number of aromatic amines is 1. The quantitative estimate of drug-likeness (QED) is 0.868. The van der Waals surface area contributed by atoms with Gasteiger partial charge in [0.1, 0.15) is 18.2 Å². The largest absolute Gasteiger partial charge is 0.377 e. The average Bonchev–Trinajstić information content (AvgIpc) is 3.15. The summed E-state index contributed by atoms with van der Waals surface area (Å²) in [7, 11) is 0. The van der Waals surface area contributed by atoms with E-state index in [0.717, 1.165) is 11.3 Å². The van der Waals surface area contributed by atoms with Crippen molar-refractivity contribution in [1.29, 1.82) is 0 Å². The first kappa shape index (κ1) is 17.4. The van der Waals surface area contributed by atoms with E-state index >= 15 is 0 Å². The van der Waals surface area contributed by atoms with Gasteiger partial charge in [-0.15, -0.1) is 0 Å². The summed E-state index contributed by atoms with van der Waals surface area (Å²) in [5.41, 5.74) is 1.75. The molecule has 2 heterocycles. The summed E-state index contributed by atoms with van der Waals surface area (Å²) in [6.07, 6.45) is 1.59. The van der Waals surface area contributed by atoms with Crippen molar-refractivity contribution in [3.05, 3.63) is 42.0 Å². The van der Waals surface area contributed by atoms with E-state index in [4.69, 9.17) is 9.47 Å². The molecule has 1 atom stereocenters. The minimum Gasteiger partial charge on any atom is -0.377 e. The Morgan fingerprint density at radius 2 is 2.40 bits per heavy atom. The number of hydrogen-bond acceptors (Lipinski definition) is 5. The van der Waals surface area contributed by atoms with Gasteiger partial charge in [-0.3, -0.25) is 5.10 Å². The molecule has 0 bridgehead atoms. The van der Waals surface area contributed by atoms with Crippen LogP contribution >= 0.6 is 0 Å². The van der Waals surface area contributed by atoms with E-state index in [1.807, 2.05) is 38.1 Å². The molecule has 0 saturated carbocycles. The normalized spacial score (nSPS) is 17.7. The van der Waals surface area contributed by atoms with Crippen LogP contribution in [0.5, 0.6) is 0 Å². The van der Waals surface area contributed by atoms with E-state index in [1.54, 1.807) is 4.90 Å². The summed E-state index contributed by atoms with van der Waals surface area (Å²) >= 11 is 0. The van der Waals surface area contributed by atoms with Gasteiger partial charge >= 0.3 is 6.03 Å². The molecule has 1 fully saturated rings. The maximum atomic E-state index is 12.7. The summed E-state index contributed by atoms with van der Waals surface area (Å²) in [6, 6.07) is 7.20. The highest BCUT2D eigenvalue weighted by molar-refractivity contribution is 5.89. The number of anilines is 1. The van der Waals surface area contributed by atoms with Crippen molar-refractivity contribution in [1.82, 2.24) is 20.1 Å². The van der Waals surface area contributed by atoms with Crippen LogP contribution in [0.2, 0.25) is 0 Å². The second-order valence-electron chi connectivity index (χ2n) is 6.15. The van der Waals surface area contributed by atoms with Crippen LogP contribution in [0.25, 0.3) is 0 Å². The summed E-state index contributed by atoms with van der Waals surface area (Å²) < 4.78 is 11.1. The molecular formula is C17H23N5O3. The zero-order chi connectivity index (χ0) is 17.6. The molecule has 3 rings (SSSR count). The third-order valence-corrected chi connectivity index (χ3v) is 3.90. The number of nitrogens with zero attached hydrogens (tertiary/aromatic N) is 3. The highest BCUT2D eigenvalue weighted by Crippen LogP contribution is 2.22. The molecule has 8 heteroatoms. The van der Waals surface area contributed by atoms with Crippen molar-refractivity contribution in [2.75, 3.05) is 25.1 Å². The van der Waals surface area contributed by atoms with E-state index in [-0.39, 0.29) is 18.2 Å². The van der Waals surface area contributed by atoms with Crippen LogP contribution in [0, 0.1) is 0 Å².